The first-order valence-corrected chi connectivity index (χ1v) is 9.27. The minimum atomic E-state index is -0.0788. The third-order valence-electron chi connectivity index (χ3n) is 3.74. The summed E-state index contributed by atoms with van der Waals surface area (Å²) in [6.45, 7) is 2.64. The van der Waals surface area contributed by atoms with Gasteiger partial charge in [-0.15, -0.1) is 11.3 Å². The molecule has 134 valence electrons. The lowest BCUT2D eigenvalue weighted by atomic mass is 10.3. The molecular weight excluding hydrogens is 370 g/mol. The number of likely N-dealkylation sites (N-methyl/N-ethyl adjacent to an activating group) is 1. The summed E-state index contributed by atoms with van der Waals surface area (Å²) in [4.78, 5) is 23.7. The summed E-state index contributed by atoms with van der Waals surface area (Å²) < 4.78 is 5.65. The molecule has 26 heavy (non-hydrogen) atoms. The summed E-state index contributed by atoms with van der Waals surface area (Å²) in [5.74, 6) is 0.534. The zero-order valence-corrected chi connectivity index (χ0v) is 16.0. The van der Waals surface area contributed by atoms with Gasteiger partial charge in [0.1, 0.15) is 22.2 Å². The van der Waals surface area contributed by atoms with E-state index in [1.807, 2.05) is 37.3 Å². The number of hydrogen-bond acceptors (Lipinski definition) is 5. The molecule has 5 nitrogen and oxygen atoms in total. The molecule has 0 N–H and O–H groups in total. The molecule has 0 aliphatic rings. The summed E-state index contributed by atoms with van der Waals surface area (Å²) in [5, 5.41) is 1.30. The molecule has 2 aromatic heterocycles. The predicted octanol–water partition coefficient (Wildman–Crippen LogP) is 4.32. The van der Waals surface area contributed by atoms with E-state index >= 15 is 0 Å². The lowest BCUT2D eigenvalue weighted by Gasteiger charge is -2.17. The van der Waals surface area contributed by atoms with Gasteiger partial charge in [-0.1, -0.05) is 29.8 Å². The van der Waals surface area contributed by atoms with Crippen molar-refractivity contribution in [2.24, 2.45) is 0 Å². The summed E-state index contributed by atoms with van der Waals surface area (Å²) in [7, 11) is 1.75. The highest BCUT2D eigenvalue weighted by Crippen LogP contribution is 2.27. The van der Waals surface area contributed by atoms with Crippen LogP contribution in [0.15, 0.2) is 48.7 Å². The van der Waals surface area contributed by atoms with Gasteiger partial charge in [-0.2, -0.15) is 0 Å². The number of rotatable bonds is 6. The number of thiazole rings is 1. The van der Waals surface area contributed by atoms with E-state index in [-0.39, 0.29) is 5.91 Å². The average Bonchev–Trinajstić information content (AvgIpc) is 3.05. The minimum absolute atomic E-state index is 0.0788. The standard InChI is InChI=1S/C19H18ClN3O2S/c1-13-17(26-18(22-13)15-8-5-6-10-21-15)19(24)23(2)11-12-25-16-9-4-3-7-14(16)20/h3-10H,11-12H2,1-2H3. The third-order valence-corrected chi connectivity index (χ3v) is 5.22. The number of amides is 1. The maximum Gasteiger partial charge on any atom is 0.265 e. The molecule has 0 aliphatic carbocycles. The topological polar surface area (TPSA) is 55.3 Å². The van der Waals surface area contributed by atoms with Gasteiger partial charge < -0.3 is 9.64 Å². The van der Waals surface area contributed by atoms with Gasteiger partial charge in [-0.05, 0) is 31.2 Å². The Morgan fingerprint density at radius 3 is 2.73 bits per heavy atom. The Bertz CT molecular complexity index is 899. The minimum Gasteiger partial charge on any atom is -0.490 e. The molecule has 0 unspecified atom stereocenters. The first-order valence-electron chi connectivity index (χ1n) is 8.08. The van der Waals surface area contributed by atoms with E-state index < -0.39 is 0 Å². The van der Waals surface area contributed by atoms with Crippen LogP contribution in [-0.4, -0.2) is 41.0 Å². The fraction of sp³-hybridized carbons (Fsp3) is 0.211. The molecule has 1 aromatic carbocycles. The van der Waals surface area contributed by atoms with Crippen molar-refractivity contribution < 1.29 is 9.53 Å². The quantitative estimate of drug-likeness (QED) is 0.632. The lowest BCUT2D eigenvalue weighted by molar-refractivity contribution is 0.0777. The molecule has 0 fully saturated rings. The van der Waals surface area contributed by atoms with Crippen molar-refractivity contribution in [3.63, 3.8) is 0 Å². The number of ether oxygens (including phenoxy) is 1. The normalized spacial score (nSPS) is 10.6. The van der Waals surface area contributed by atoms with Crippen molar-refractivity contribution in [3.8, 4) is 16.5 Å². The van der Waals surface area contributed by atoms with E-state index in [9.17, 15) is 4.79 Å². The molecule has 1 amide bonds. The van der Waals surface area contributed by atoms with Crippen LogP contribution in [0.4, 0.5) is 0 Å². The number of carbonyl (C=O) groups is 1. The van der Waals surface area contributed by atoms with Gasteiger partial charge in [0.15, 0.2) is 0 Å². The van der Waals surface area contributed by atoms with Crippen molar-refractivity contribution in [1.82, 2.24) is 14.9 Å². The van der Waals surface area contributed by atoms with Crippen molar-refractivity contribution in [2.45, 2.75) is 6.92 Å². The van der Waals surface area contributed by atoms with Gasteiger partial charge in [0.05, 0.1) is 23.0 Å². The van der Waals surface area contributed by atoms with Gasteiger partial charge in [-0.25, -0.2) is 4.98 Å². The maximum absolute atomic E-state index is 12.7. The first-order chi connectivity index (χ1) is 12.6. The molecule has 3 aromatic rings. The van der Waals surface area contributed by atoms with Crippen LogP contribution < -0.4 is 4.74 Å². The SMILES string of the molecule is Cc1nc(-c2ccccn2)sc1C(=O)N(C)CCOc1ccccc1Cl. The van der Waals surface area contributed by atoms with Gasteiger partial charge in [0, 0.05) is 13.2 Å². The molecule has 0 saturated carbocycles. The smallest absolute Gasteiger partial charge is 0.265 e. The van der Waals surface area contributed by atoms with Gasteiger partial charge >= 0.3 is 0 Å². The molecule has 0 spiro atoms. The molecule has 0 bridgehead atoms. The Hall–Kier alpha value is -2.44. The molecule has 0 atom stereocenters. The van der Waals surface area contributed by atoms with E-state index in [0.717, 1.165) is 10.7 Å². The Kier molecular flexibility index (Phi) is 5.85. The zero-order valence-electron chi connectivity index (χ0n) is 14.5. The first kappa shape index (κ1) is 18.4. The van der Waals surface area contributed by atoms with Crippen LogP contribution >= 0.6 is 22.9 Å². The highest BCUT2D eigenvalue weighted by Gasteiger charge is 2.20. The summed E-state index contributed by atoms with van der Waals surface area (Å²) in [6, 6.07) is 12.9. The zero-order chi connectivity index (χ0) is 18.5. The van der Waals surface area contributed by atoms with Crippen LogP contribution in [-0.2, 0) is 0 Å². The number of aryl methyl sites for hydroxylation is 1. The van der Waals surface area contributed by atoms with E-state index in [1.165, 1.54) is 11.3 Å². The molecule has 2 heterocycles. The third kappa shape index (κ3) is 4.20. The predicted molar refractivity (Wildman–Crippen MR) is 104 cm³/mol. The van der Waals surface area contributed by atoms with E-state index in [4.69, 9.17) is 16.3 Å². The number of nitrogens with zero attached hydrogens (tertiary/aromatic N) is 3. The Labute approximate surface area is 161 Å². The van der Waals surface area contributed by atoms with Crippen molar-refractivity contribution in [3.05, 3.63) is 64.3 Å². The summed E-state index contributed by atoms with van der Waals surface area (Å²) in [6.07, 6.45) is 1.71. The Balaban J connectivity index is 1.63. The monoisotopic (exact) mass is 387 g/mol. The van der Waals surface area contributed by atoms with Crippen molar-refractivity contribution in [1.29, 1.82) is 0 Å². The fourth-order valence-corrected chi connectivity index (χ4v) is 3.55. The fourth-order valence-electron chi connectivity index (χ4n) is 2.32. The molecular formula is C19H18ClN3O2S. The highest BCUT2D eigenvalue weighted by molar-refractivity contribution is 7.17. The largest absolute Gasteiger partial charge is 0.490 e. The second kappa shape index (κ2) is 8.29. The maximum atomic E-state index is 12.7. The number of pyridine rings is 1. The van der Waals surface area contributed by atoms with E-state index in [2.05, 4.69) is 9.97 Å². The van der Waals surface area contributed by atoms with Crippen LogP contribution in [0.1, 0.15) is 15.4 Å². The molecule has 0 saturated heterocycles. The van der Waals surface area contributed by atoms with Gasteiger partial charge in [0.25, 0.3) is 5.91 Å². The van der Waals surface area contributed by atoms with Crippen LogP contribution in [0.25, 0.3) is 10.7 Å². The van der Waals surface area contributed by atoms with E-state index in [1.54, 1.807) is 30.3 Å². The highest BCUT2D eigenvalue weighted by atomic mass is 35.5. The lowest BCUT2D eigenvalue weighted by Crippen LogP contribution is -2.30. The number of halogens is 1. The van der Waals surface area contributed by atoms with Crippen LogP contribution in [0, 0.1) is 6.92 Å². The number of benzene rings is 1. The number of hydrogen-bond donors (Lipinski definition) is 0. The number of aromatic nitrogens is 2. The van der Waals surface area contributed by atoms with Crippen LogP contribution in [0.3, 0.4) is 0 Å². The summed E-state index contributed by atoms with van der Waals surface area (Å²) in [5.41, 5.74) is 1.48. The van der Waals surface area contributed by atoms with Gasteiger partial charge in [0.2, 0.25) is 0 Å². The Morgan fingerprint density at radius 1 is 1.23 bits per heavy atom. The number of carbonyl (C=O) groups excluding carboxylic acids is 1. The average molecular weight is 388 g/mol. The molecule has 0 radical (unpaired) electrons. The second-order valence-electron chi connectivity index (χ2n) is 5.65. The number of para-hydroxylation sites is 1. The van der Waals surface area contributed by atoms with Crippen molar-refractivity contribution >= 4 is 28.8 Å². The second-order valence-corrected chi connectivity index (χ2v) is 7.06. The van der Waals surface area contributed by atoms with Crippen LogP contribution in [0.2, 0.25) is 5.02 Å². The van der Waals surface area contributed by atoms with Gasteiger partial charge in [-0.3, -0.25) is 9.78 Å². The summed E-state index contributed by atoms with van der Waals surface area (Å²) >= 11 is 7.42. The van der Waals surface area contributed by atoms with Crippen molar-refractivity contribution in [2.75, 3.05) is 20.2 Å². The Morgan fingerprint density at radius 2 is 2.00 bits per heavy atom. The van der Waals surface area contributed by atoms with E-state index in [0.29, 0.717) is 34.5 Å². The molecule has 3 rings (SSSR count). The van der Waals surface area contributed by atoms with Crippen LogP contribution in [0.5, 0.6) is 5.75 Å². The molecule has 0 aliphatic heterocycles. The molecule has 7 heteroatoms.